The second-order valence-corrected chi connectivity index (χ2v) is 2.05. The normalized spacial score (nSPS) is 8.62. The van der Waals surface area contributed by atoms with Gasteiger partial charge >= 0.3 is 29.6 Å². The summed E-state index contributed by atoms with van der Waals surface area (Å²) >= 11 is 0. The minimum atomic E-state index is -1.75. The van der Waals surface area contributed by atoms with Crippen molar-refractivity contribution in [1.82, 2.24) is 5.32 Å². The van der Waals surface area contributed by atoms with Crippen LogP contribution in [-0.2, 0) is 16.1 Å². The van der Waals surface area contributed by atoms with Crippen molar-refractivity contribution in [2.75, 3.05) is 0 Å². The van der Waals surface area contributed by atoms with Gasteiger partial charge in [-0.15, -0.1) is 0 Å². The molecule has 0 spiro atoms. The number of hydrogen-bond acceptors (Lipinski definition) is 4. The molecular weight excluding hydrogens is 185 g/mol. The SMILES string of the molecule is O=C([O-])C(=O)NCc1ccco1.[Na+]. The van der Waals surface area contributed by atoms with Crippen molar-refractivity contribution in [2.45, 2.75) is 6.54 Å². The first kappa shape index (κ1) is 12.2. The molecule has 1 N–H and O–H groups in total. The van der Waals surface area contributed by atoms with Crippen molar-refractivity contribution < 1.29 is 48.7 Å². The average molecular weight is 191 g/mol. The van der Waals surface area contributed by atoms with Crippen LogP contribution in [0.2, 0.25) is 0 Å². The summed E-state index contributed by atoms with van der Waals surface area (Å²) in [7, 11) is 0. The van der Waals surface area contributed by atoms with Gasteiger partial charge in [0.2, 0.25) is 0 Å². The molecule has 0 atom stereocenters. The fourth-order valence-electron chi connectivity index (χ4n) is 0.653. The molecule has 1 aromatic heterocycles. The number of furan rings is 1. The van der Waals surface area contributed by atoms with Gasteiger partial charge in [0, 0.05) is 0 Å². The Balaban J connectivity index is 0.00000144. The summed E-state index contributed by atoms with van der Waals surface area (Å²) < 4.78 is 4.84. The van der Waals surface area contributed by atoms with E-state index in [0.717, 1.165) is 0 Å². The maximum Gasteiger partial charge on any atom is 1.00 e. The van der Waals surface area contributed by atoms with Crippen LogP contribution in [0.3, 0.4) is 0 Å². The summed E-state index contributed by atoms with van der Waals surface area (Å²) in [6.45, 7) is 0.0554. The van der Waals surface area contributed by atoms with Crippen molar-refractivity contribution in [3.63, 3.8) is 0 Å². The van der Waals surface area contributed by atoms with Gasteiger partial charge in [-0.2, -0.15) is 0 Å². The zero-order chi connectivity index (χ0) is 8.97. The van der Waals surface area contributed by atoms with Gasteiger partial charge in [-0.25, -0.2) is 0 Å². The molecule has 64 valence electrons. The molecule has 0 radical (unpaired) electrons. The topological polar surface area (TPSA) is 82.4 Å². The Morgan fingerprint density at radius 3 is 2.69 bits per heavy atom. The van der Waals surface area contributed by atoms with E-state index in [4.69, 9.17) is 4.42 Å². The Morgan fingerprint density at radius 1 is 1.54 bits per heavy atom. The molecule has 1 amide bonds. The minimum absolute atomic E-state index is 0. The number of hydrogen-bond donors (Lipinski definition) is 1. The van der Waals surface area contributed by atoms with Gasteiger partial charge in [0.25, 0.3) is 5.91 Å². The fraction of sp³-hybridized carbons (Fsp3) is 0.143. The molecule has 0 fully saturated rings. The zero-order valence-corrected chi connectivity index (χ0v) is 9.07. The number of carbonyl (C=O) groups excluding carboxylic acids is 2. The largest absolute Gasteiger partial charge is 1.00 e. The third-order valence-electron chi connectivity index (χ3n) is 1.19. The predicted octanol–water partition coefficient (Wildman–Crippen LogP) is -4.35. The van der Waals surface area contributed by atoms with E-state index in [9.17, 15) is 14.7 Å². The van der Waals surface area contributed by atoms with Gasteiger partial charge < -0.3 is 19.6 Å². The van der Waals surface area contributed by atoms with E-state index in [-0.39, 0.29) is 36.1 Å². The number of carboxylic acid groups (broad SMARTS) is 1. The predicted molar refractivity (Wildman–Crippen MR) is 35.6 cm³/mol. The Morgan fingerprint density at radius 2 is 2.23 bits per heavy atom. The summed E-state index contributed by atoms with van der Waals surface area (Å²) in [5.41, 5.74) is 0. The molecule has 0 bridgehead atoms. The van der Waals surface area contributed by atoms with Crippen molar-refractivity contribution in [2.24, 2.45) is 0 Å². The molecule has 1 aromatic rings. The molecular formula is C7H6NNaO4. The van der Waals surface area contributed by atoms with Crippen LogP contribution in [0.5, 0.6) is 0 Å². The van der Waals surface area contributed by atoms with Crippen LogP contribution in [0.25, 0.3) is 0 Å². The van der Waals surface area contributed by atoms with Crippen LogP contribution in [0.1, 0.15) is 5.76 Å². The summed E-state index contributed by atoms with van der Waals surface area (Å²) in [6.07, 6.45) is 1.43. The molecule has 0 aromatic carbocycles. The van der Waals surface area contributed by atoms with Gasteiger partial charge in [0.1, 0.15) is 11.7 Å². The molecule has 0 aliphatic carbocycles. The second kappa shape index (κ2) is 5.80. The first-order valence-electron chi connectivity index (χ1n) is 3.21. The summed E-state index contributed by atoms with van der Waals surface area (Å²) in [5, 5.41) is 12.0. The Bertz CT molecular complexity index is 283. The van der Waals surface area contributed by atoms with Crippen molar-refractivity contribution in [1.29, 1.82) is 0 Å². The number of aliphatic carboxylic acids is 1. The number of amides is 1. The molecule has 1 rings (SSSR count). The molecule has 1 heterocycles. The molecule has 13 heavy (non-hydrogen) atoms. The third kappa shape index (κ3) is 4.12. The van der Waals surface area contributed by atoms with E-state index >= 15 is 0 Å². The van der Waals surface area contributed by atoms with Crippen molar-refractivity contribution in [3.05, 3.63) is 24.2 Å². The molecule has 0 aliphatic rings. The van der Waals surface area contributed by atoms with E-state index in [2.05, 4.69) is 5.32 Å². The first-order chi connectivity index (χ1) is 5.70. The molecule has 5 nitrogen and oxygen atoms in total. The molecule has 0 aliphatic heterocycles. The maximum atomic E-state index is 10.4. The van der Waals surface area contributed by atoms with Gasteiger partial charge in [-0.3, -0.25) is 4.79 Å². The zero-order valence-electron chi connectivity index (χ0n) is 7.07. The average Bonchev–Trinajstić information content (AvgIpc) is 2.51. The monoisotopic (exact) mass is 191 g/mol. The summed E-state index contributed by atoms with van der Waals surface area (Å²) in [5.74, 6) is -2.41. The Hall–Kier alpha value is -0.780. The van der Waals surface area contributed by atoms with Crippen molar-refractivity contribution >= 4 is 11.9 Å². The van der Waals surface area contributed by atoms with E-state index in [1.165, 1.54) is 6.26 Å². The smallest absolute Gasteiger partial charge is 0.540 e. The van der Waals surface area contributed by atoms with E-state index in [1.54, 1.807) is 12.1 Å². The van der Waals surface area contributed by atoms with E-state index in [1.807, 2.05) is 0 Å². The molecule has 0 saturated carbocycles. The number of nitrogens with one attached hydrogen (secondary N) is 1. The quantitative estimate of drug-likeness (QED) is 0.378. The van der Waals surface area contributed by atoms with Crippen LogP contribution in [0.4, 0.5) is 0 Å². The van der Waals surface area contributed by atoms with Gasteiger partial charge in [0.15, 0.2) is 0 Å². The van der Waals surface area contributed by atoms with Crippen molar-refractivity contribution in [3.8, 4) is 0 Å². The van der Waals surface area contributed by atoms with E-state index in [0.29, 0.717) is 5.76 Å². The summed E-state index contributed by atoms with van der Waals surface area (Å²) in [6, 6.07) is 3.26. The van der Waals surface area contributed by atoms with Crippen LogP contribution < -0.4 is 40.0 Å². The standard InChI is InChI=1S/C7H7NO4.Na/c9-6(7(10)11)8-4-5-2-1-3-12-5;/h1-3H,4H2,(H,8,9)(H,10,11);/q;+1/p-1. The number of carbonyl (C=O) groups is 2. The maximum absolute atomic E-state index is 10.4. The third-order valence-corrected chi connectivity index (χ3v) is 1.19. The molecule has 0 unspecified atom stereocenters. The van der Waals surface area contributed by atoms with E-state index < -0.39 is 11.9 Å². The van der Waals surface area contributed by atoms with Gasteiger partial charge in [-0.05, 0) is 12.1 Å². The second-order valence-electron chi connectivity index (χ2n) is 2.05. The minimum Gasteiger partial charge on any atom is -0.540 e. The van der Waals surface area contributed by atoms with Gasteiger partial charge in [-0.1, -0.05) is 0 Å². The van der Waals surface area contributed by atoms with Crippen LogP contribution in [0, 0.1) is 0 Å². The van der Waals surface area contributed by atoms with Crippen LogP contribution >= 0.6 is 0 Å². The van der Waals surface area contributed by atoms with Crippen LogP contribution in [-0.4, -0.2) is 11.9 Å². The van der Waals surface area contributed by atoms with Gasteiger partial charge in [0.05, 0.1) is 12.8 Å². The number of carboxylic acids is 1. The Labute approximate surface area is 96.4 Å². The molecule has 0 saturated heterocycles. The fourth-order valence-corrected chi connectivity index (χ4v) is 0.653. The number of rotatable bonds is 2. The molecule has 6 heteroatoms. The van der Waals surface area contributed by atoms with Crippen LogP contribution in [0.15, 0.2) is 22.8 Å². The first-order valence-corrected chi connectivity index (χ1v) is 3.21. The Kier molecular flexibility index (Phi) is 5.45. The summed E-state index contributed by atoms with van der Waals surface area (Å²) in [4.78, 5) is 20.3.